The quantitative estimate of drug-likeness (QED) is 0.286. The standard InChI is InChI=1S/C19H20N6O8/c1-10-5-12(25(30)31)13(32-4)6-11(10)21-14(26)8-33-15(27)7-24-9-20-17-16(24)18(28)23(3)19(29)22(17)2/h5-6,9H,7-8H2,1-4H3,(H,21,26). The molecule has 14 nitrogen and oxygen atoms in total. The first-order valence-electron chi connectivity index (χ1n) is 9.44. The van der Waals surface area contributed by atoms with Crippen molar-refractivity contribution in [1.82, 2.24) is 18.7 Å². The number of nitrogens with zero attached hydrogens (tertiary/aromatic N) is 5. The van der Waals surface area contributed by atoms with E-state index in [1.807, 2.05) is 0 Å². The van der Waals surface area contributed by atoms with E-state index in [1.54, 1.807) is 6.92 Å². The van der Waals surface area contributed by atoms with Crippen molar-refractivity contribution in [3.8, 4) is 5.75 Å². The number of ether oxygens (including phenoxy) is 2. The van der Waals surface area contributed by atoms with E-state index in [4.69, 9.17) is 9.47 Å². The minimum absolute atomic E-state index is 0.0367. The molecule has 0 bridgehead atoms. The summed E-state index contributed by atoms with van der Waals surface area (Å²) in [7, 11) is 4.01. The second-order valence-electron chi connectivity index (χ2n) is 7.06. The van der Waals surface area contributed by atoms with E-state index in [0.717, 1.165) is 4.57 Å². The van der Waals surface area contributed by atoms with Crippen molar-refractivity contribution in [1.29, 1.82) is 0 Å². The van der Waals surface area contributed by atoms with E-state index in [0.29, 0.717) is 5.56 Å². The van der Waals surface area contributed by atoms with Crippen molar-refractivity contribution in [3.05, 3.63) is 55.0 Å². The van der Waals surface area contributed by atoms with Crippen molar-refractivity contribution in [2.24, 2.45) is 14.1 Å². The molecule has 0 spiro atoms. The fourth-order valence-electron chi connectivity index (χ4n) is 3.15. The van der Waals surface area contributed by atoms with Gasteiger partial charge in [-0.3, -0.25) is 33.6 Å². The molecule has 0 aliphatic heterocycles. The van der Waals surface area contributed by atoms with Crippen LogP contribution in [0.2, 0.25) is 0 Å². The van der Waals surface area contributed by atoms with Crippen LogP contribution in [0.3, 0.4) is 0 Å². The number of nitro groups is 1. The lowest BCUT2D eigenvalue weighted by molar-refractivity contribution is -0.385. The molecular weight excluding hydrogens is 440 g/mol. The van der Waals surface area contributed by atoms with Crippen LogP contribution in [0.15, 0.2) is 28.0 Å². The van der Waals surface area contributed by atoms with E-state index >= 15 is 0 Å². The Bertz CT molecular complexity index is 1400. The van der Waals surface area contributed by atoms with E-state index in [1.165, 1.54) is 48.8 Å². The lowest BCUT2D eigenvalue weighted by Gasteiger charge is -2.11. The third-order valence-electron chi connectivity index (χ3n) is 4.88. The van der Waals surface area contributed by atoms with Gasteiger partial charge in [-0.1, -0.05) is 0 Å². The molecule has 2 aromatic heterocycles. The number of nitrogens with one attached hydrogen (secondary N) is 1. The van der Waals surface area contributed by atoms with Crippen LogP contribution < -0.4 is 21.3 Å². The number of imidazole rings is 1. The van der Waals surface area contributed by atoms with Gasteiger partial charge in [-0.25, -0.2) is 9.78 Å². The average Bonchev–Trinajstić information content (AvgIpc) is 3.19. The Balaban J connectivity index is 1.69. The van der Waals surface area contributed by atoms with Crippen LogP contribution in [0.5, 0.6) is 5.75 Å². The van der Waals surface area contributed by atoms with Crippen molar-refractivity contribution >= 4 is 34.4 Å². The van der Waals surface area contributed by atoms with Crippen molar-refractivity contribution < 1.29 is 24.0 Å². The van der Waals surface area contributed by atoms with Gasteiger partial charge >= 0.3 is 17.3 Å². The highest BCUT2D eigenvalue weighted by molar-refractivity contribution is 5.94. The number of anilines is 1. The molecular formula is C19H20N6O8. The summed E-state index contributed by atoms with van der Waals surface area (Å²) in [5.74, 6) is -1.55. The Morgan fingerprint density at radius 3 is 2.55 bits per heavy atom. The number of hydrogen-bond acceptors (Lipinski definition) is 9. The fourth-order valence-corrected chi connectivity index (χ4v) is 3.15. The number of fused-ring (bicyclic) bond motifs is 1. The normalized spacial score (nSPS) is 10.8. The summed E-state index contributed by atoms with van der Waals surface area (Å²) in [6.45, 7) is 0.508. The van der Waals surface area contributed by atoms with Gasteiger partial charge in [-0.15, -0.1) is 0 Å². The predicted molar refractivity (Wildman–Crippen MR) is 114 cm³/mol. The first kappa shape index (κ1) is 23.2. The smallest absolute Gasteiger partial charge is 0.332 e. The minimum Gasteiger partial charge on any atom is -0.490 e. The van der Waals surface area contributed by atoms with E-state index in [9.17, 15) is 29.3 Å². The Morgan fingerprint density at radius 2 is 1.91 bits per heavy atom. The number of aryl methyl sites for hydroxylation is 2. The molecule has 0 fully saturated rings. The van der Waals surface area contributed by atoms with Crippen LogP contribution in [0, 0.1) is 17.0 Å². The summed E-state index contributed by atoms with van der Waals surface area (Å²) >= 11 is 0. The highest BCUT2D eigenvalue weighted by Gasteiger charge is 2.20. The molecule has 0 atom stereocenters. The third-order valence-corrected chi connectivity index (χ3v) is 4.88. The number of carbonyl (C=O) groups excluding carboxylic acids is 2. The number of nitro benzene ring substituents is 1. The Labute approximate surface area is 185 Å². The molecule has 33 heavy (non-hydrogen) atoms. The summed E-state index contributed by atoms with van der Waals surface area (Å²) in [6.07, 6.45) is 1.22. The zero-order chi connectivity index (χ0) is 24.4. The molecule has 3 aromatic rings. The largest absolute Gasteiger partial charge is 0.490 e. The SMILES string of the molecule is COc1cc(NC(=O)COC(=O)Cn2cnc3c2c(=O)n(C)c(=O)n3C)c(C)cc1[N+](=O)[O-]. The van der Waals surface area contributed by atoms with Crippen molar-refractivity contribution in [2.45, 2.75) is 13.5 Å². The maximum absolute atomic E-state index is 12.4. The average molecular weight is 460 g/mol. The van der Waals surface area contributed by atoms with Gasteiger partial charge in [-0.05, 0) is 12.5 Å². The molecule has 3 rings (SSSR count). The first-order valence-corrected chi connectivity index (χ1v) is 9.44. The number of methoxy groups -OCH3 is 1. The molecule has 14 heteroatoms. The monoisotopic (exact) mass is 460 g/mol. The van der Waals surface area contributed by atoms with E-state index in [2.05, 4.69) is 10.3 Å². The van der Waals surface area contributed by atoms with Gasteiger partial charge in [0, 0.05) is 31.9 Å². The van der Waals surface area contributed by atoms with Crippen LogP contribution in [0.4, 0.5) is 11.4 Å². The molecule has 1 amide bonds. The summed E-state index contributed by atoms with van der Waals surface area (Å²) in [5.41, 5.74) is -0.632. The Morgan fingerprint density at radius 1 is 1.21 bits per heavy atom. The minimum atomic E-state index is -0.821. The molecule has 0 radical (unpaired) electrons. The second-order valence-corrected chi connectivity index (χ2v) is 7.06. The summed E-state index contributed by atoms with van der Waals surface area (Å²) in [4.78, 5) is 63.3. The molecule has 2 heterocycles. The van der Waals surface area contributed by atoms with Crippen LogP contribution >= 0.6 is 0 Å². The topological polar surface area (TPSA) is 170 Å². The molecule has 0 saturated heterocycles. The predicted octanol–water partition coefficient (Wildman–Crippen LogP) is -0.159. The summed E-state index contributed by atoms with van der Waals surface area (Å²) < 4.78 is 13.2. The van der Waals surface area contributed by atoms with Crippen molar-refractivity contribution in [3.63, 3.8) is 0 Å². The van der Waals surface area contributed by atoms with Gasteiger partial charge in [0.15, 0.2) is 23.5 Å². The molecule has 1 aromatic carbocycles. The Hall–Kier alpha value is -4.49. The number of aromatic nitrogens is 4. The first-order chi connectivity index (χ1) is 15.5. The maximum Gasteiger partial charge on any atom is 0.332 e. The highest BCUT2D eigenvalue weighted by atomic mass is 16.6. The number of esters is 1. The Kier molecular flexibility index (Phi) is 6.28. The fraction of sp³-hybridized carbons (Fsp3) is 0.316. The van der Waals surface area contributed by atoms with Crippen LogP contribution in [-0.4, -0.2) is 49.2 Å². The summed E-state index contributed by atoms with van der Waals surface area (Å²) in [5, 5.41) is 13.6. The molecule has 0 saturated carbocycles. The van der Waals surface area contributed by atoms with Gasteiger partial charge < -0.3 is 19.4 Å². The van der Waals surface area contributed by atoms with E-state index < -0.39 is 41.2 Å². The molecule has 0 aliphatic rings. The van der Waals surface area contributed by atoms with Gasteiger partial charge in [0.1, 0.15) is 6.54 Å². The van der Waals surface area contributed by atoms with Gasteiger partial charge in [0.2, 0.25) is 0 Å². The van der Waals surface area contributed by atoms with Gasteiger partial charge in [-0.2, -0.15) is 0 Å². The number of hydrogen-bond donors (Lipinski definition) is 1. The second kappa shape index (κ2) is 8.94. The third kappa shape index (κ3) is 4.44. The van der Waals surface area contributed by atoms with Crippen molar-refractivity contribution in [2.75, 3.05) is 19.0 Å². The van der Waals surface area contributed by atoms with Crippen LogP contribution in [0.25, 0.3) is 11.2 Å². The molecule has 174 valence electrons. The zero-order valence-electron chi connectivity index (χ0n) is 18.1. The lowest BCUT2D eigenvalue weighted by Crippen LogP contribution is -2.37. The number of rotatable bonds is 7. The zero-order valence-corrected chi connectivity index (χ0v) is 18.1. The maximum atomic E-state index is 12.4. The van der Waals surface area contributed by atoms with Gasteiger partial charge in [0.05, 0.1) is 18.4 Å². The number of benzene rings is 1. The van der Waals surface area contributed by atoms with Gasteiger partial charge in [0.25, 0.3) is 11.5 Å². The summed E-state index contributed by atoms with van der Waals surface area (Å²) in [6, 6.07) is 2.54. The lowest BCUT2D eigenvalue weighted by atomic mass is 10.1. The molecule has 0 aliphatic carbocycles. The number of carbonyl (C=O) groups is 2. The number of amides is 1. The molecule has 1 N–H and O–H groups in total. The molecule has 0 unspecified atom stereocenters. The van der Waals surface area contributed by atoms with E-state index in [-0.39, 0.29) is 28.3 Å². The van der Waals surface area contributed by atoms with Crippen LogP contribution in [-0.2, 0) is 35.0 Å². The highest BCUT2D eigenvalue weighted by Crippen LogP contribution is 2.32. The van der Waals surface area contributed by atoms with Crippen LogP contribution in [0.1, 0.15) is 5.56 Å².